The van der Waals surface area contributed by atoms with Gasteiger partial charge in [-0.25, -0.2) is 0 Å². The molecule has 0 aliphatic carbocycles. The fourth-order valence-corrected chi connectivity index (χ4v) is 2.17. The number of alkyl halides is 3. The zero-order chi connectivity index (χ0) is 14.5. The second-order valence-corrected chi connectivity index (χ2v) is 4.64. The first-order chi connectivity index (χ1) is 8.85. The van der Waals surface area contributed by atoms with Crippen LogP contribution in [0.4, 0.5) is 13.2 Å². The summed E-state index contributed by atoms with van der Waals surface area (Å²) in [4.78, 5) is 5.50. The number of hydrogen-bond donors (Lipinski definition) is 1. The molecule has 1 aromatic heterocycles. The summed E-state index contributed by atoms with van der Waals surface area (Å²) in [6.45, 7) is 2.92. The van der Waals surface area contributed by atoms with Gasteiger partial charge in [-0.15, -0.1) is 0 Å². The van der Waals surface area contributed by atoms with E-state index in [0.29, 0.717) is 18.7 Å². The molecule has 2 N–H and O–H groups in total. The molecule has 1 aromatic rings. The van der Waals surface area contributed by atoms with Crippen LogP contribution in [0, 0.1) is 0 Å². The average Bonchev–Trinajstić information content (AvgIpc) is 2.28. The van der Waals surface area contributed by atoms with Crippen LogP contribution < -0.4 is 5.73 Å². The van der Waals surface area contributed by atoms with Gasteiger partial charge < -0.3 is 5.73 Å². The lowest BCUT2D eigenvalue weighted by atomic mass is 10.0. The van der Waals surface area contributed by atoms with Crippen molar-refractivity contribution in [1.82, 2.24) is 9.88 Å². The molecule has 3 nitrogen and oxygen atoms in total. The molecule has 0 aliphatic rings. The Morgan fingerprint density at radius 2 is 2.05 bits per heavy atom. The fourth-order valence-electron chi connectivity index (χ4n) is 2.17. The lowest BCUT2D eigenvalue weighted by molar-refractivity contribution is -0.152. The number of pyridine rings is 1. The van der Waals surface area contributed by atoms with E-state index in [9.17, 15) is 13.2 Å². The number of rotatable bonds is 6. The number of nitrogens with zero attached hydrogens (tertiary/aromatic N) is 2. The highest BCUT2D eigenvalue weighted by molar-refractivity contribution is 5.11. The molecule has 0 saturated carbocycles. The van der Waals surface area contributed by atoms with Crippen LogP contribution in [-0.4, -0.2) is 35.2 Å². The maximum Gasteiger partial charge on any atom is 0.401 e. The van der Waals surface area contributed by atoms with Crippen molar-refractivity contribution in [3.8, 4) is 0 Å². The molecule has 1 heterocycles. The van der Waals surface area contributed by atoms with Crippen LogP contribution in [0.15, 0.2) is 24.4 Å². The van der Waals surface area contributed by atoms with Crippen LogP contribution in [0.2, 0.25) is 0 Å². The van der Waals surface area contributed by atoms with Crippen molar-refractivity contribution in [3.63, 3.8) is 0 Å². The predicted octanol–water partition coefficient (Wildman–Crippen LogP) is 2.74. The van der Waals surface area contributed by atoms with Crippen LogP contribution in [0.5, 0.6) is 0 Å². The summed E-state index contributed by atoms with van der Waals surface area (Å²) in [5.41, 5.74) is 6.45. The third-order valence-corrected chi connectivity index (χ3v) is 2.78. The van der Waals surface area contributed by atoms with E-state index < -0.39 is 24.8 Å². The Balaban J connectivity index is 2.99. The Morgan fingerprint density at radius 1 is 1.37 bits per heavy atom. The molecule has 0 amide bonds. The first-order valence-corrected chi connectivity index (χ1v) is 6.32. The fraction of sp³-hybridized carbons (Fsp3) is 0.615. The highest BCUT2D eigenvalue weighted by atomic mass is 19.4. The highest BCUT2D eigenvalue weighted by Crippen LogP contribution is 2.26. The zero-order valence-corrected chi connectivity index (χ0v) is 11.2. The van der Waals surface area contributed by atoms with Gasteiger partial charge in [-0.05, 0) is 32.0 Å². The van der Waals surface area contributed by atoms with Gasteiger partial charge in [0.1, 0.15) is 0 Å². The average molecular weight is 275 g/mol. The van der Waals surface area contributed by atoms with Crippen molar-refractivity contribution < 1.29 is 13.2 Å². The quantitative estimate of drug-likeness (QED) is 0.868. The molecule has 0 aromatic carbocycles. The Bertz CT molecular complexity index is 365. The molecule has 6 heteroatoms. The molecule has 108 valence electrons. The lowest BCUT2D eigenvalue weighted by Crippen LogP contribution is -2.44. The number of hydrogen-bond acceptors (Lipinski definition) is 3. The third kappa shape index (κ3) is 5.16. The molecule has 0 spiro atoms. The molecule has 2 atom stereocenters. The lowest BCUT2D eigenvalue weighted by Gasteiger charge is -2.34. The van der Waals surface area contributed by atoms with Gasteiger partial charge in [0.25, 0.3) is 0 Å². The monoisotopic (exact) mass is 275 g/mol. The van der Waals surface area contributed by atoms with E-state index in [4.69, 9.17) is 5.73 Å². The van der Waals surface area contributed by atoms with E-state index in [1.54, 1.807) is 31.3 Å². The summed E-state index contributed by atoms with van der Waals surface area (Å²) in [6.07, 6.45) is -2.04. The van der Waals surface area contributed by atoms with E-state index in [2.05, 4.69) is 4.98 Å². The van der Waals surface area contributed by atoms with Gasteiger partial charge in [0.2, 0.25) is 0 Å². The van der Waals surface area contributed by atoms with Gasteiger partial charge >= 0.3 is 6.18 Å². The molecule has 0 fully saturated rings. The summed E-state index contributed by atoms with van der Waals surface area (Å²) in [5, 5.41) is 0. The maximum absolute atomic E-state index is 12.7. The van der Waals surface area contributed by atoms with Gasteiger partial charge in [0.15, 0.2) is 0 Å². The van der Waals surface area contributed by atoms with Crippen molar-refractivity contribution in [1.29, 1.82) is 0 Å². The Labute approximate surface area is 111 Å². The van der Waals surface area contributed by atoms with Crippen LogP contribution in [0.1, 0.15) is 32.0 Å². The molecule has 19 heavy (non-hydrogen) atoms. The van der Waals surface area contributed by atoms with Crippen molar-refractivity contribution >= 4 is 0 Å². The minimum Gasteiger partial charge on any atom is -0.326 e. The summed E-state index contributed by atoms with van der Waals surface area (Å²) >= 11 is 0. The molecule has 0 bridgehead atoms. The minimum atomic E-state index is -4.24. The molecule has 0 aliphatic heterocycles. The molecule has 0 saturated heterocycles. The van der Waals surface area contributed by atoms with E-state index in [1.807, 2.05) is 6.92 Å². The molecular weight excluding hydrogens is 255 g/mol. The zero-order valence-electron chi connectivity index (χ0n) is 11.2. The molecule has 0 radical (unpaired) electrons. The van der Waals surface area contributed by atoms with Gasteiger partial charge in [0.05, 0.1) is 18.3 Å². The van der Waals surface area contributed by atoms with Crippen molar-refractivity contribution in [2.45, 2.75) is 38.5 Å². The maximum atomic E-state index is 12.7. The predicted molar refractivity (Wildman–Crippen MR) is 68.5 cm³/mol. The largest absolute Gasteiger partial charge is 0.401 e. The molecule has 2 unspecified atom stereocenters. The van der Waals surface area contributed by atoms with E-state index in [-0.39, 0.29) is 0 Å². The minimum absolute atomic E-state index is 0.336. The first kappa shape index (κ1) is 15.9. The first-order valence-electron chi connectivity index (χ1n) is 6.32. The molecule has 1 rings (SSSR count). The Hall–Kier alpha value is -1.14. The van der Waals surface area contributed by atoms with E-state index >= 15 is 0 Å². The van der Waals surface area contributed by atoms with Gasteiger partial charge in [0, 0.05) is 12.2 Å². The Kier molecular flexibility index (Phi) is 5.75. The third-order valence-electron chi connectivity index (χ3n) is 2.78. The number of nitrogens with two attached hydrogens (primary N) is 1. The summed E-state index contributed by atoms with van der Waals surface area (Å²) < 4.78 is 38.0. The second-order valence-electron chi connectivity index (χ2n) is 4.64. The van der Waals surface area contributed by atoms with Crippen LogP contribution in [0.3, 0.4) is 0 Å². The van der Waals surface area contributed by atoms with Gasteiger partial charge in [-0.2, -0.15) is 13.2 Å². The number of aromatic nitrogens is 1. The normalized spacial score (nSPS) is 15.5. The van der Waals surface area contributed by atoms with Gasteiger partial charge in [-0.3, -0.25) is 9.88 Å². The van der Waals surface area contributed by atoms with Crippen molar-refractivity contribution in [2.24, 2.45) is 5.73 Å². The summed E-state index contributed by atoms with van der Waals surface area (Å²) in [7, 11) is 0. The Morgan fingerprint density at radius 3 is 2.47 bits per heavy atom. The summed E-state index contributed by atoms with van der Waals surface area (Å²) in [6, 6.07) is 4.25. The second kappa shape index (κ2) is 6.86. The number of halogens is 3. The van der Waals surface area contributed by atoms with Crippen LogP contribution >= 0.6 is 0 Å². The van der Waals surface area contributed by atoms with Crippen LogP contribution in [-0.2, 0) is 0 Å². The topological polar surface area (TPSA) is 42.2 Å². The van der Waals surface area contributed by atoms with E-state index in [0.717, 1.165) is 0 Å². The molecular formula is C13H20F3N3. The van der Waals surface area contributed by atoms with E-state index in [1.165, 1.54) is 4.90 Å². The van der Waals surface area contributed by atoms with Gasteiger partial charge in [-0.1, -0.05) is 13.0 Å². The van der Waals surface area contributed by atoms with Crippen LogP contribution in [0.25, 0.3) is 0 Å². The van der Waals surface area contributed by atoms with Crippen molar-refractivity contribution in [2.75, 3.05) is 13.1 Å². The smallest absolute Gasteiger partial charge is 0.326 e. The standard InChI is InChI=1S/C13H20F3N3/c1-3-8-19(9-13(14,15)16)12(10(2)17)11-6-4-5-7-18-11/h4-7,10,12H,3,8-9,17H2,1-2H3. The highest BCUT2D eigenvalue weighted by Gasteiger charge is 2.35. The summed E-state index contributed by atoms with van der Waals surface area (Å²) in [5.74, 6) is 0. The SMILES string of the molecule is CCCN(CC(F)(F)F)C(c1ccccn1)C(C)N. The van der Waals surface area contributed by atoms with Crippen molar-refractivity contribution in [3.05, 3.63) is 30.1 Å².